The topological polar surface area (TPSA) is 42.4 Å². The van der Waals surface area contributed by atoms with Crippen LogP contribution in [0.3, 0.4) is 0 Å². The Balaban J connectivity index is 1.83. The molecule has 21 heavy (non-hydrogen) atoms. The molecule has 2 saturated heterocycles. The Labute approximate surface area is 127 Å². The van der Waals surface area contributed by atoms with Gasteiger partial charge in [-0.05, 0) is 18.9 Å². The van der Waals surface area contributed by atoms with Gasteiger partial charge in [-0.2, -0.15) is 0 Å². The van der Waals surface area contributed by atoms with Gasteiger partial charge in [-0.25, -0.2) is 4.98 Å². The van der Waals surface area contributed by atoms with Gasteiger partial charge in [0.25, 0.3) is 5.91 Å². The van der Waals surface area contributed by atoms with Crippen LogP contribution in [0.25, 0.3) is 10.8 Å². The van der Waals surface area contributed by atoms with Crippen molar-refractivity contribution in [1.82, 2.24) is 9.88 Å². The summed E-state index contributed by atoms with van der Waals surface area (Å²) in [6, 6.07) is 6.05. The number of morpholine rings is 1. The van der Waals surface area contributed by atoms with Crippen LogP contribution in [0.4, 0.5) is 0 Å². The normalized spacial score (nSPS) is 24.0. The third-order valence-electron chi connectivity index (χ3n) is 4.46. The summed E-state index contributed by atoms with van der Waals surface area (Å²) in [5.41, 5.74) is 1.68. The van der Waals surface area contributed by atoms with Gasteiger partial charge < -0.3 is 9.64 Å². The summed E-state index contributed by atoms with van der Waals surface area (Å²) < 4.78 is 5.57. The third-order valence-corrected chi connectivity index (χ3v) is 4.76. The Kier molecular flexibility index (Phi) is 2.91. The molecular formula is C16H15ClN2O2. The Morgan fingerprint density at radius 3 is 3.05 bits per heavy atom. The van der Waals surface area contributed by atoms with E-state index in [9.17, 15) is 4.79 Å². The first-order chi connectivity index (χ1) is 10.1. The van der Waals surface area contributed by atoms with Crippen LogP contribution >= 0.6 is 11.6 Å². The number of ether oxygens (including phenoxy) is 1. The number of aromatic nitrogens is 1. The smallest absolute Gasteiger partial charge is 0.256 e. The summed E-state index contributed by atoms with van der Waals surface area (Å²) in [5, 5.41) is 2.19. The number of carbonyl (C=O) groups excluding carboxylic acids is 1. The molecule has 0 aliphatic carbocycles. The molecule has 0 radical (unpaired) electrons. The van der Waals surface area contributed by atoms with Crippen molar-refractivity contribution in [1.29, 1.82) is 0 Å². The summed E-state index contributed by atoms with van der Waals surface area (Å²) in [5.74, 6) is 0.0364. The second kappa shape index (κ2) is 4.68. The molecule has 5 heteroatoms. The molecule has 2 unspecified atom stereocenters. The molecule has 2 aliphatic heterocycles. The van der Waals surface area contributed by atoms with Gasteiger partial charge in [-0.1, -0.05) is 29.8 Å². The molecule has 2 aliphatic rings. The Morgan fingerprint density at radius 1 is 1.48 bits per heavy atom. The van der Waals surface area contributed by atoms with Crippen LogP contribution in [0.1, 0.15) is 22.3 Å². The molecule has 3 heterocycles. The lowest BCUT2D eigenvalue weighted by Crippen LogP contribution is -2.41. The first-order valence-corrected chi connectivity index (χ1v) is 7.49. The van der Waals surface area contributed by atoms with Crippen LogP contribution < -0.4 is 0 Å². The lowest BCUT2D eigenvalue weighted by Gasteiger charge is -2.27. The predicted octanol–water partition coefficient (Wildman–Crippen LogP) is 2.81. The molecule has 1 aromatic heterocycles. The monoisotopic (exact) mass is 302 g/mol. The zero-order valence-electron chi connectivity index (χ0n) is 11.7. The van der Waals surface area contributed by atoms with Gasteiger partial charge in [0.1, 0.15) is 5.15 Å². The van der Waals surface area contributed by atoms with Crippen molar-refractivity contribution >= 4 is 28.3 Å². The summed E-state index contributed by atoms with van der Waals surface area (Å²) in [4.78, 5) is 19.0. The number of hydrogen-bond donors (Lipinski definition) is 0. The molecule has 2 aromatic rings. The molecule has 2 bridgehead atoms. The number of nitrogens with zero attached hydrogens (tertiary/aromatic N) is 2. The summed E-state index contributed by atoms with van der Waals surface area (Å²) in [6.45, 7) is 3.32. The number of benzene rings is 1. The summed E-state index contributed by atoms with van der Waals surface area (Å²) >= 11 is 6.17. The van der Waals surface area contributed by atoms with E-state index < -0.39 is 0 Å². The van der Waals surface area contributed by atoms with Crippen LogP contribution in [-0.4, -0.2) is 41.1 Å². The third kappa shape index (κ3) is 1.93. The Hall–Kier alpha value is -1.65. The minimum absolute atomic E-state index is 0.0364. The maximum absolute atomic E-state index is 12.9. The SMILES string of the molecule is Cc1cccc2c(Cl)ncc(C(=O)N3CC4CC3CO4)c12. The average Bonchev–Trinajstić information content (AvgIpc) is 3.10. The minimum atomic E-state index is 0.0364. The Morgan fingerprint density at radius 2 is 2.33 bits per heavy atom. The molecule has 0 spiro atoms. The van der Waals surface area contributed by atoms with Gasteiger partial charge in [-0.15, -0.1) is 0 Å². The van der Waals surface area contributed by atoms with E-state index in [2.05, 4.69) is 4.98 Å². The molecule has 1 amide bonds. The molecule has 0 N–H and O–H groups in total. The molecule has 4 nitrogen and oxygen atoms in total. The zero-order valence-corrected chi connectivity index (χ0v) is 12.4. The number of rotatable bonds is 1. The average molecular weight is 303 g/mol. The molecule has 1 aromatic carbocycles. The summed E-state index contributed by atoms with van der Waals surface area (Å²) in [7, 11) is 0. The van der Waals surface area contributed by atoms with Crippen molar-refractivity contribution < 1.29 is 9.53 Å². The number of halogens is 1. The fourth-order valence-corrected chi connectivity index (χ4v) is 3.62. The van der Waals surface area contributed by atoms with Crippen LogP contribution in [0.2, 0.25) is 5.15 Å². The molecule has 4 rings (SSSR count). The Bertz CT molecular complexity index is 746. The lowest BCUT2D eigenvalue weighted by atomic mass is 10.0. The molecule has 2 fully saturated rings. The number of carbonyl (C=O) groups is 1. The highest BCUT2D eigenvalue weighted by molar-refractivity contribution is 6.35. The quantitative estimate of drug-likeness (QED) is 0.761. The number of amides is 1. The van der Waals surface area contributed by atoms with E-state index in [1.54, 1.807) is 6.20 Å². The van der Waals surface area contributed by atoms with Crippen molar-refractivity contribution in [3.8, 4) is 0 Å². The van der Waals surface area contributed by atoms with Crippen molar-refractivity contribution in [2.75, 3.05) is 13.2 Å². The molecular weight excluding hydrogens is 288 g/mol. The van der Waals surface area contributed by atoms with Crippen LogP contribution in [0, 0.1) is 6.92 Å². The van der Waals surface area contributed by atoms with Crippen LogP contribution in [-0.2, 0) is 4.74 Å². The number of likely N-dealkylation sites (tertiary alicyclic amines) is 1. The van der Waals surface area contributed by atoms with E-state index in [1.807, 2.05) is 30.0 Å². The van der Waals surface area contributed by atoms with E-state index in [4.69, 9.17) is 16.3 Å². The van der Waals surface area contributed by atoms with Crippen LogP contribution in [0.15, 0.2) is 24.4 Å². The number of pyridine rings is 1. The first kappa shape index (κ1) is 13.0. The van der Waals surface area contributed by atoms with E-state index in [1.165, 1.54) is 0 Å². The van der Waals surface area contributed by atoms with Gasteiger partial charge in [0.15, 0.2) is 0 Å². The van der Waals surface area contributed by atoms with Crippen molar-refractivity contribution in [2.45, 2.75) is 25.5 Å². The number of fused-ring (bicyclic) bond motifs is 3. The largest absolute Gasteiger partial charge is 0.374 e. The van der Waals surface area contributed by atoms with Gasteiger partial charge in [0, 0.05) is 23.5 Å². The number of aryl methyl sites for hydroxylation is 1. The predicted molar refractivity (Wildman–Crippen MR) is 80.7 cm³/mol. The van der Waals surface area contributed by atoms with E-state index >= 15 is 0 Å². The first-order valence-electron chi connectivity index (χ1n) is 7.11. The van der Waals surface area contributed by atoms with Crippen molar-refractivity contribution in [2.24, 2.45) is 0 Å². The van der Waals surface area contributed by atoms with E-state index in [0.717, 1.165) is 22.8 Å². The summed E-state index contributed by atoms with van der Waals surface area (Å²) in [6.07, 6.45) is 2.75. The minimum Gasteiger partial charge on any atom is -0.374 e. The van der Waals surface area contributed by atoms with Crippen molar-refractivity contribution in [3.63, 3.8) is 0 Å². The van der Waals surface area contributed by atoms with E-state index in [0.29, 0.717) is 23.9 Å². The second-order valence-corrected chi connectivity index (χ2v) is 6.12. The van der Waals surface area contributed by atoms with Crippen molar-refractivity contribution in [3.05, 3.63) is 40.7 Å². The van der Waals surface area contributed by atoms with Gasteiger partial charge in [0.2, 0.25) is 0 Å². The standard InChI is InChI=1S/C16H15ClN2O2/c1-9-3-2-4-12-14(9)13(6-18-15(12)17)16(20)19-7-11-5-10(19)8-21-11/h2-4,6,10-11H,5,7-8H2,1H3. The van der Waals surface area contributed by atoms with Gasteiger partial charge in [-0.3, -0.25) is 4.79 Å². The fraction of sp³-hybridized carbons (Fsp3) is 0.375. The highest BCUT2D eigenvalue weighted by Crippen LogP contribution is 2.32. The highest BCUT2D eigenvalue weighted by atomic mass is 35.5. The molecule has 2 atom stereocenters. The molecule has 108 valence electrons. The number of hydrogen-bond acceptors (Lipinski definition) is 3. The highest BCUT2D eigenvalue weighted by Gasteiger charge is 2.42. The lowest BCUT2D eigenvalue weighted by molar-refractivity contribution is 0.0260. The zero-order chi connectivity index (χ0) is 14.6. The fourth-order valence-electron chi connectivity index (χ4n) is 3.42. The molecule has 0 saturated carbocycles. The van der Waals surface area contributed by atoms with E-state index in [-0.39, 0.29) is 18.1 Å². The maximum atomic E-state index is 12.9. The second-order valence-electron chi connectivity index (χ2n) is 5.76. The van der Waals surface area contributed by atoms with Crippen LogP contribution in [0.5, 0.6) is 0 Å². The van der Waals surface area contributed by atoms with Gasteiger partial charge in [0.05, 0.1) is 24.3 Å². The van der Waals surface area contributed by atoms with Gasteiger partial charge >= 0.3 is 0 Å². The maximum Gasteiger partial charge on any atom is 0.256 e.